The molecule has 0 aliphatic carbocycles. The molecule has 3 rings (SSSR count). The Morgan fingerprint density at radius 3 is 2.81 bits per heavy atom. The smallest absolute Gasteiger partial charge is 0.145 e. The number of nitrogens with zero attached hydrogens (tertiary/aromatic N) is 1. The summed E-state index contributed by atoms with van der Waals surface area (Å²) in [6.45, 7) is 0. The van der Waals surface area contributed by atoms with Gasteiger partial charge in [-0.25, -0.2) is 9.37 Å². The average molecular weight is 383 g/mol. The lowest BCUT2D eigenvalue weighted by molar-refractivity contribution is 0.614. The molecule has 3 aromatic rings. The molecule has 5 heteroatoms. The van der Waals surface area contributed by atoms with Gasteiger partial charge in [0.2, 0.25) is 0 Å². The maximum Gasteiger partial charge on any atom is 0.145 e. The van der Waals surface area contributed by atoms with Crippen LogP contribution in [-0.2, 0) is 6.42 Å². The summed E-state index contributed by atoms with van der Waals surface area (Å²) in [6.07, 6.45) is 0.449. The Balaban J connectivity index is 1.87. The molecule has 2 aromatic carbocycles. The highest BCUT2D eigenvalue weighted by molar-refractivity contribution is 9.10. The summed E-state index contributed by atoms with van der Waals surface area (Å²) < 4.78 is 14.9. The summed E-state index contributed by atoms with van der Waals surface area (Å²) in [4.78, 5) is 4.58. The van der Waals surface area contributed by atoms with E-state index in [-0.39, 0.29) is 10.8 Å². The number of hydrogen-bond donors (Lipinski definition) is 0. The molecule has 0 radical (unpaired) electrons. The number of hydrogen-bond acceptors (Lipinski definition) is 2. The summed E-state index contributed by atoms with van der Waals surface area (Å²) in [7, 11) is 0. The monoisotopic (exact) mass is 381 g/mol. The Labute approximate surface area is 139 Å². The minimum absolute atomic E-state index is 0.149. The van der Waals surface area contributed by atoms with Gasteiger partial charge in [-0.15, -0.1) is 11.3 Å². The van der Waals surface area contributed by atoms with Gasteiger partial charge in [0.05, 0.1) is 15.7 Å². The van der Waals surface area contributed by atoms with Gasteiger partial charge in [-0.3, -0.25) is 0 Å². The largest absolute Gasteiger partial charge is 0.241 e. The normalized spacial score (nSPS) is 10.8. The first-order valence-electron chi connectivity index (χ1n) is 6.27. The van der Waals surface area contributed by atoms with Crippen LogP contribution in [0.1, 0.15) is 10.6 Å². The highest BCUT2D eigenvalue weighted by Crippen LogP contribution is 2.27. The summed E-state index contributed by atoms with van der Waals surface area (Å²) in [5.41, 5.74) is 2.51. The zero-order valence-corrected chi connectivity index (χ0v) is 14.0. The van der Waals surface area contributed by atoms with Crippen LogP contribution >= 0.6 is 38.9 Å². The van der Waals surface area contributed by atoms with Gasteiger partial charge in [0, 0.05) is 21.8 Å². The van der Waals surface area contributed by atoms with E-state index >= 15 is 0 Å². The van der Waals surface area contributed by atoms with Crippen LogP contribution in [0, 0.1) is 5.82 Å². The van der Waals surface area contributed by atoms with Gasteiger partial charge in [-0.1, -0.05) is 51.8 Å². The molecule has 0 aliphatic rings. The van der Waals surface area contributed by atoms with Crippen molar-refractivity contribution in [1.29, 1.82) is 0 Å². The maximum absolute atomic E-state index is 13.9. The number of benzene rings is 2. The fourth-order valence-electron chi connectivity index (χ4n) is 2.02. The van der Waals surface area contributed by atoms with Gasteiger partial charge in [0.25, 0.3) is 0 Å². The van der Waals surface area contributed by atoms with Gasteiger partial charge in [-0.2, -0.15) is 0 Å². The standard InChI is InChI=1S/C16H10BrClFNS/c17-12-5-1-3-10(7-12)14-9-21-15(20-14)8-11-4-2-6-13(18)16(11)19/h1-7,9H,8H2. The van der Waals surface area contributed by atoms with Gasteiger partial charge >= 0.3 is 0 Å². The molecule has 0 aliphatic heterocycles. The van der Waals surface area contributed by atoms with Crippen LogP contribution < -0.4 is 0 Å². The average Bonchev–Trinajstić information content (AvgIpc) is 2.93. The molecule has 0 atom stereocenters. The predicted molar refractivity (Wildman–Crippen MR) is 89.5 cm³/mol. The molecule has 0 saturated heterocycles. The Kier molecular flexibility index (Phi) is 4.38. The third-order valence-corrected chi connectivity index (χ3v) is 4.68. The first-order chi connectivity index (χ1) is 10.1. The summed E-state index contributed by atoms with van der Waals surface area (Å²) in [6, 6.07) is 13.0. The molecule has 1 heterocycles. The molecule has 1 nitrogen and oxygen atoms in total. The van der Waals surface area contributed by atoms with Crippen LogP contribution in [0.15, 0.2) is 52.3 Å². The van der Waals surface area contributed by atoms with Crippen LogP contribution in [0.25, 0.3) is 11.3 Å². The van der Waals surface area contributed by atoms with Gasteiger partial charge in [0.15, 0.2) is 0 Å². The van der Waals surface area contributed by atoms with Crippen molar-refractivity contribution in [2.75, 3.05) is 0 Å². The van der Waals surface area contributed by atoms with Crippen molar-refractivity contribution in [2.24, 2.45) is 0 Å². The molecule has 0 saturated carbocycles. The number of aromatic nitrogens is 1. The second-order valence-corrected chi connectivity index (χ2v) is 6.79. The SMILES string of the molecule is Fc1c(Cl)cccc1Cc1nc(-c2cccc(Br)c2)cs1. The van der Waals surface area contributed by atoms with Crippen LogP contribution in [0.3, 0.4) is 0 Å². The van der Waals surface area contributed by atoms with Gasteiger partial charge < -0.3 is 0 Å². The van der Waals surface area contributed by atoms with Gasteiger partial charge in [0.1, 0.15) is 5.82 Å². The molecule has 0 N–H and O–H groups in total. The minimum Gasteiger partial charge on any atom is -0.241 e. The van der Waals surface area contributed by atoms with E-state index in [1.807, 2.05) is 29.6 Å². The summed E-state index contributed by atoms with van der Waals surface area (Å²) in [5.74, 6) is -0.363. The fourth-order valence-corrected chi connectivity index (χ4v) is 3.44. The van der Waals surface area contributed by atoms with Crippen LogP contribution in [0.4, 0.5) is 4.39 Å². The van der Waals surface area contributed by atoms with E-state index in [2.05, 4.69) is 20.9 Å². The van der Waals surface area contributed by atoms with E-state index in [0.29, 0.717) is 12.0 Å². The number of rotatable bonds is 3. The van der Waals surface area contributed by atoms with E-state index in [1.54, 1.807) is 18.2 Å². The lowest BCUT2D eigenvalue weighted by Gasteiger charge is -2.02. The summed E-state index contributed by atoms with van der Waals surface area (Å²) in [5, 5.41) is 3.00. The highest BCUT2D eigenvalue weighted by atomic mass is 79.9. The molecule has 1 aromatic heterocycles. The topological polar surface area (TPSA) is 12.9 Å². The zero-order valence-electron chi connectivity index (χ0n) is 10.8. The maximum atomic E-state index is 13.9. The predicted octanol–water partition coefficient (Wildman–Crippen LogP) is 5.96. The van der Waals surface area contributed by atoms with E-state index in [0.717, 1.165) is 20.7 Å². The number of halogens is 3. The second-order valence-electron chi connectivity index (χ2n) is 4.53. The fraction of sp³-hybridized carbons (Fsp3) is 0.0625. The minimum atomic E-state index is -0.363. The molecule has 0 bridgehead atoms. The van der Waals surface area contributed by atoms with Crippen molar-refractivity contribution in [3.63, 3.8) is 0 Å². The van der Waals surface area contributed by atoms with Gasteiger partial charge in [-0.05, 0) is 23.8 Å². The third-order valence-electron chi connectivity index (χ3n) is 3.05. The zero-order chi connectivity index (χ0) is 14.8. The van der Waals surface area contributed by atoms with Crippen molar-refractivity contribution in [2.45, 2.75) is 6.42 Å². The summed E-state index contributed by atoms with van der Waals surface area (Å²) >= 11 is 10.8. The lowest BCUT2D eigenvalue weighted by atomic mass is 10.1. The molecular formula is C16H10BrClFNS. The Bertz CT molecular complexity index is 787. The van der Waals surface area contributed by atoms with Crippen LogP contribution in [0.5, 0.6) is 0 Å². The quantitative estimate of drug-likeness (QED) is 0.545. The Morgan fingerprint density at radius 1 is 1.19 bits per heavy atom. The van der Waals surface area contributed by atoms with Crippen LogP contribution in [0.2, 0.25) is 5.02 Å². The van der Waals surface area contributed by atoms with E-state index in [9.17, 15) is 4.39 Å². The molecule has 0 fully saturated rings. The second kappa shape index (κ2) is 6.26. The first kappa shape index (κ1) is 14.7. The van der Waals surface area contributed by atoms with Crippen LogP contribution in [-0.4, -0.2) is 4.98 Å². The van der Waals surface area contributed by atoms with Crippen molar-refractivity contribution >= 4 is 38.9 Å². The van der Waals surface area contributed by atoms with E-state index in [4.69, 9.17) is 11.6 Å². The molecule has 0 amide bonds. The first-order valence-corrected chi connectivity index (χ1v) is 8.32. The van der Waals surface area contributed by atoms with Crippen molar-refractivity contribution < 1.29 is 4.39 Å². The molecular weight excluding hydrogens is 373 g/mol. The van der Waals surface area contributed by atoms with E-state index in [1.165, 1.54) is 11.3 Å². The van der Waals surface area contributed by atoms with Crippen molar-refractivity contribution in [3.05, 3.63) is 73.7 Å². The van der Waals surface area contributed by atoms with E-state index < -0.39 is 0 Å². The Morgan fingerprint density at radius 2 is 2.00 bits per heavy atom. The Hall–Kier alpha value is -1.23. The molecule has 0 spiro atoms. The molecule has 106 valence electrons. The highest BCUT2D eigenvalue weighted by Gasteiger charge is 2.10. The third kappa shape index (κ3) is 3.34. The lowest BCUT2D eigenvalue weighted by Crippen LogP contribution is -1.93. The molecule has 21 heavy (non-hydrogen) atoms. The number of thiazole rings is 1. The molecule has 0 unspecified atom stereocenters. The van der Waals surface area contributed by atoms with Crippen molar-refractivity contribution in [1.82, 2.24) is 4.98 Å². The van der Waals surface area contributed by atoms with Crippen molar-refractivity contribution in [3.8, 4) is 11.3 Å².